The zero-order valence-electron chi connectivity index (χ0n) is 20.0. The van der Waals surface area contributed by atoms with Gasteiger partial charge in [0.1, 0.15) is 31.8 Å². The summed E-state index contributed by atoms with van der Waals surface area (Å²) in [6.45, 7) is -0.0121. The number of Topliss-reactive ketones (excluding diaryl/α,β-unsaturated/α-hetero) is 1. The van der Waals surface area contributed by atoms with Gasteiger partial charge in [-0.05, 0) is 42.0 Å². The number of ketones is 1. The van der Waals surface area contributed by atoms with Crippen LogP contribution in [-0.2, 0) is 34.0 Å². The number of carbonyl (C=O) groups is 1. The number of aliphatic hydroxyl groups is 1. The van der Waals surface area contributed by atoms with Gasteiger partial charge in [0.15, 0.2) is 5.78 Å². The number of aromatic nitrogens is 3. The van der Waals surface area contributed by atoms with Gasteiger partial charge < -0.3 is 15.2 Å². The van der Waals surface area contributed by atoms with Crippen molar-refractivity contribution >= 4 is 5.78 Å². The highest BCUT2D eigenvalue weighted by Crippen LogP contribution is 2.38. The van der Waals surface area contributed by atoms with Gasteiger partial charge >= 0.3 is 5.69 Å². The Hall–Kier alpha value is -3.21. The first-order valence-corrected chi connectivity index (χ1v) is 11.8. The van der Waals surface area contributed by atoms with E-state index in [0.717, 1.165) is 5.56 Å². The van der Waals surface area contributed by atoms with E-state index >= 15 is 0 Å². The summed E-state index contributed by atoms with van der Waals surface area (Å²) >= 11 is 0. The molecule has 0 radical (unpaired) electrons. The van der Waals surface area contributed by atoms with E-state index in [4.69, 9.17) is 4.74 Å². The molecule has 1 fully saturated rings. The minimum absolute atomic E-state index is 0.0712. The van der Waals surface area contributed by atoms with Crippen molar-refractivity contribution in [2.45, 2.75) is 50.3 Å². The van der Waals surface area contributed by atoms with Crippen LogP contribution in [0.2, 0.25) is 0 Å². The first-order valence-electron chi connectivity index (χ1n) is 11.8. The molecule has 192 valence electrons. The first kappa shape index (κ1) is 25.9. The second-order valence-corrected chi connectivity index (χ2v) is 9.25. The summed E-state index contributed by atoms with van der Waals surface area (Å²) in [5.74, 6) is -0.490. The van der Waals surface area contributed by atoms with E-state index in [2.05, 4.69) is 15.5 Å². The first-order chi connectivity index (χ1) is 17.4. The van der Waals surface area contributed by atoms with Crippen molar-refractivity contribution in [3.63, 3.8) is 0 Å². The van der Waals surface area contributed by atoms with Crippen LogP contribution in [0.15, 0.2) is 59.7 Å². The van der Waals surface area contributed by atoms with Crippen molar-refractivity contribution in [3.05, 3.63) is 87.6 Å². The van der Waals surface area contributed by atoms with Crippen molar-refractivity contribution in [2.75, 3.05) is 19.8 Å². The average molecular weight is 501 g/mol. The van der Waals surface area contributed by atoms with Crippen LogP contribution in [0.1, 0.15) is 48.1 Å². The number of H-pyrrole nitrogens is 1. The van der Waals surface area contributed by atoms with Gasteiger partial charge in [-0.25, -0.2) is 18.7 Å². The number of carbonyl (C=O) groups excluding carboxylic acids is 1. The number of ether oxygens (including phenoxy) is 1. The standard InChI is InChI=1S/C26H30F2N4O4/c1-18(21-10-19(12-27)9-20(11-21)13-28)36-16-25(22-5-3-2-4-6-22)7-8-26(15-29-25,23(34)14-33)32-17-30-31-24(32)35/h2-6,9-11,17-18,29,33H,7-8,12-16H2,1H3,(H,31,35)/t18-,25-,26+/m1/s1. The Kier molecular flexibility index (Phi) is 7.77. The lowest BCUT2D eigenvalue weighted by atomic mass is 9.74. The summed E-state index contributed by atoms with van der Waals surface area (Å²) < 4.78 is 34.1. The Balaban J connectivity index is 1.62. The van der Waals surface area contributed by atoms with Crippen LogP contribution in [-0.4, -0.2) is 45.4 Å². The third kappa shape index (κ3) is 4.88. The molecule has 2 heterocycles. The van der Waals surface area contributed by atoms with Crippen molar-refractivity contribution in [1.29, 1.82) is 0 Å². The maximum absolute atomic E-state index is 13.3. The van der Waals surface area contributed by atoms with Crippen LogP contribution < -0.4 is 11.0 Å². The average Bonchev–Trinajstić information content (AvgIpc) is 3.37. The molecule has 3 aromatic rings. The van der Waals surface area contributed by atoms with E-state index in [1.165, 1.54) is 17.0 Å². The molecule has 0 bridgehead atoms. The number of aromatic amines is 1. The fourth-order valence-electron chi connectivity index (χ4n) is 4.94. The molecule has 0 aliphatic carbocycles. The highest BCUT2D eigenvalue weighted by molar-refractivity contribution is 5.88. The van der Waals surface area contributed by atoms with Crippen molar-refractivity contribution in [2.24, 2.45) is 0 Å². The molecule has 0 amide bonds. The molecule has 0 saturated carbocycles. The lowest BCUT2D eigenvalue weighted by Gasteiger charge is -2.47. The number of halogens is 2. The summed E-state index contributed by atoms with van der Waals surface area (Å²) in [6, 6.07) is 14.5. The topological polar surface area (TPSA) is 109 Å². The number of nitrogens with one attached hydrogen (secondary N) is 2. The largest absolute Gasteiger partial charge is 0.388 e. The Morgan fingerprint density at radius 3 is 2.39 bits per heavy atom. The highest BCUT2D eigenvalue weighted by Gasteiger charge is 2.49. The summed E-state index contributed by atoms with van der Waals surface area (Å²) in [5, 5.41) is 19.2. The molecule has 0 unspecified atom stereocenters. The van der Waals surface area contributed by atoms with E-state index in [-0.39, 0.29) is 19.6 Å². The van der Waals surface area contributed by atoms with Gasteiger partial charge in [-0.3, -0.25) is 9.36 Å². The second kappa shape index (κ2) is 10.8. The van der Waals surface area contributed by atoms with Crippen LogP contribution in [0, 0.1) is 0 Å². The van der Waals surface area contributed by atoms with Gasteiger partial charge in [-0.1, -0.05) is 48.5 Å². The smallest absolute Gasteiger partial charge is 0.344 e. The van der Waals surface area contributed by atoms with Crippen LogP contribution >= 0.6 is 0 Å². The molecule has 8 nitrogen and oxygen atoms in total. The third-order valence-electron chi connectivity index (χ3n) is 7.12. The third-order valence-corrected chi connectivity index (χ3v) is 7.12. The number of hydrogen-bond acceptors (Lipinski definition) is 6. The Labute approximate surface area is 207 Å². The highest BCUT2D eigenvalue weighted by atomic mass is 19.1. The van der Waals surface area contributed by atoms with Crippen molar-refractivity contribution in [1.82, 2.24) is 20.1 Å². The molecule has 1 aliphatic rings. The predicted molar refractivity (Wildman–Crippen MR) is 129 cm³/mol. The quantitative estimate of drug-likeness (QED) is 0.395. The molecule has 3 atom stereocenters. The predicted octanol–water partition coefficient (Wildman–Crippen LogP) is 2.82. The molecule has 2 aromatic carbocycles. The van der Waals surface area contributed by atoms with Crippen molar-refractivity contribution < 1.29 is 23.4 Å². The molecule has 36 heavy (non-hydrogen) atoms. The fraction of sp³-hybridized carbons (Fsp3) is 0.423. The molecule has 1 saturated heterocycles. The Morgan fingerprint density at radius 2 is 1.86 bits per heavy atom. The zero-order chi connectivity index (χ0) is 25.8. The molecular weight excluding hydrogens is 470 g/mol. The lowest BCUT2D eigenvalue weighted by molar-refractivity contribution is -0.133. The van der Waals surface area contributed by atoms with E-state index < -0.39 is 48.6 Å². The Morgan fingerprint density at radius 1 is 1.17 bits per heavy atom. The van der Waals surface area contributed by atoms with E-state index in [1.807, 2.05) is 37.3 Å². The summed E-state index contributed by atoms with van der Waals surface area (Å²) in [7, 11) is 0. The molecular formula is C26H30F2N4O4. The summed E-state index contributed by atoms with van der Waals surface area (Å²) in [4.78, 5) is 25.2. The number of aliphatic hydroxyl groups excluding tert-OH is 1. The van der Waals surface area contributed by atoms with Crippen LogP contribution in [0.4, 0.5) is 8.78 Å². The zero-order valence-corrected chi connectivity index (χ0v) is 20.0. The molecule has 1 aliphatic heterocycles. The number of nitrogens with zero attached hydrogens (tertiary/aromatic N) is 2. The summed E-state index contributed by atoms with van der Waals surface area (Å²) in [6.07, 6.45) is 1.49. The Bertz CT molecular complexity index is 1210. The van der Waals surface area contributed by atoms with Gasteiger partial charge in [-0.2, -0.15) is 5.10 Å². The normalized spacial score (nSPS) is 22.9. The van der Waals surface area contributed by atoms with Crippen LogP contribution in [0.25, 0.3) is 0 Å². The van der Waals surface area contributed by atoms with Crippen LogP contribution in [0.3, 0.4) is 0 Å². The molecule has 10 heteroatoms. The monoisotopic (exact) mass is 500 g/mol. The number of piperidine rings is 1. The molecule has 4 rings (SSSR count). The van der Waals surface area contributed by atoms with E-state index in [1.54, 1.807) is 12.1 Å². The van der Waals surface area contributed by atoms with Crippen LogP contribution in [0.5, 0.6) is 0 Å². The van der Waals surface area contributed by atoms with Gasteiger partial charge in [0.25, 0.3) is 0 Å². The van der Waals surface area contributed by atoms with Gasteiger partial charge in [0.05, 0.1) is 18.2 Å². The van der Waals surface area contributed by atoms with Crippen molar-refractivity contribution in [3.8, 4) is 0 Å². The van der Waals surface area contributed by atoms with Gasteiger partial charge in [0.2, 0.25) is 0 Å². The molecule has 1 aromatic heterocycles. The maximum Gasteiger partial charge on any atom is 0.344 e. The summed E-state index contributed by atoms with van der Waals surface area (Å²) in [5.41, 5.74) is -0.150. The second-order valence-electron chi connectivity index (χ2n) is 9.25. The van der Waals surface area contributed by atoms with E-state index in [0.29, 0.717) is 23.1 Å². The number of benzene rings is 2. The SMILES string of the molecule is C[C@@H](OC[C@@]1(c2ccccc2)CC[C@](C(=O)CO)(n2cn[nH]c2=O)CN1)c1cc(CF)cc(CF)c1. The number of rotatable bonds is 10. The fourth-order valence-corrected chi connectivity index (χ4v) is 4.94. The molecule has 3 N–H and O–H groups in total. The van der Waals surface area contributed by atoms with Gasteiger partial charge in [-0.15, -0.1) is 0 Å². The van der Waals surface area contributed by atoms with E-state index in [9.17, 15) is 23.5 Å². The minimum atomic E-state index is -1.30. The number of alkyl halides is 2. The minimum Gasteiger partial charge on any atom is -0.388 e. The number of hydrogen-bond donors (Lipinski definition) is 3. The molecule has 0 spiro atoms. The van der Waals surface area contributed by atoms with Gasteiger partial charge in [0, 0.05) is 6.54 Å². The lowest BCUT2D eigenvalue weighted by Crippen LogP contribution is -2.63. The maximum atomic E-state index is 13.3.